The molecule has 0 saturated heterocycles. The highest BCUT2D eigenvalue weighted by molar-refractivity contribution is 5.48. The molecule has 2 aromatic rings. The van der Waals surface area contributed by atoms with Gasteiger partial charge < -0.3 is 0 Å². The van der Waals surface area contributed by atoms with Crippen LogP contribution in [0.2, 0.25) is 0 Å². The molecule has 132 valence electrons. The van der Waals surface area contributed by atoms with Gasteiger partial charge in [0, 0.05) is 13.1 Å². The number of benzene rings is 2. The molecule has 0 bridgehead atoms. The molecule has 0 amide bonds. The van der Waals surface area contributed by atoms with Gasteiger partial charge in [0.25, 0.3) is 0 Å². The van der Waals surface area contributed by atoms with Crippen molar-refractivity contribution in [2.75, 3.05) is 13.1 Å². The van der Waals surface area contributed by atoms with Crippen molar-refractivity contribution in [2.24, 2.45) is 0 Å². The molecule has 2 aromatic carbocycles. The zero-order chi connectivity index (χ0) is 17.7. The van der Waals surface area contributed by atoms with Gasteiger partial charge in [-0.1, -0.05) is 86.2 Å². The molecule has 2 rings (SSSR count). The van der Waals surface area contributed by atoms with E-state index in [1.807, 2.05) is 6.08 Å². The SMILES string of the molecule is C=CCCc1ccc(CN(C/C=C/c2ccccc2)CCCC)cc1. The van der Waals surface area contributed by atoms with Crippen molar-refractivity contribution in [3.05, 3.63) is 90.0 Å². The van der Waals surface area contributed by atoms with E-state index in [4.69, 9.17) is 0 Å². The lowest BCUT2D eigenvalue weighted by Gasteiger charge is -2.20. The summed E-state index contributed by atoms with van der Waals surface area (Å²) in [6.07, 6.45) is 11.1. The van der Waals surface area contributed by atoms with Crippen LogP contribution in [0.5, 0.6) is 0 Å². The molecule has 1 heteroatoms. The molecule has 0 saturated carbocycles. The molecule has 0 fully saturated rings. The van der Waals surface area contributed by atoms with E-state index in [2.05, 4.69) is 85.2 Å². The molecule has 0 N–H and O–H groups in total. The van der Waals surface area contributed by atoms with Crippen LogP contribution in [0, 0.1) is 0 Å². The smallest absolute Gasteiger partial charge is 0.0237 e. The van der Waals surface area contributed by atoms with E-state index in [1.165, 1.54) is 29.5 Å². The minimum atomic E-state index is 0.993. The van der Waals surface area contributed by atoms with Crippen molar-refractivity contribution in [2.45, 2.75) is 39.2 Å². The van der Waals surface area contributed by atoms with Gasteiger partial charge in [-0.15, -0.1) is 6.58 Å². The lowest BCUT2D eigenvalue weighted by atomic mass is 10.1. The molecule has 0 aliphatic carbocycles. The van der Waals surface area contributed by atoms with Crippen LogP contribution in [-0.2, 0) is 13.0 Å². The van der Waals surface area contributed by atoms with Crippen LogP contribution in [0.3, 0.4) is 0 Å². The fourth-order valence-electron chi connectivity index (χ4n) is 2.86. The quantitative estimate of drug-likeness (QED) is 0.448. The average Bonchev–Trinajstić information content (AvgIpc) is 2.66. The maximum absolute atomic E-state index is 3.80. The maximum atomic E-state index is 3.80. The van der Waals surface area contributed by atoms with Gasteiger partial charge in [0.1, 0.15) is 0 Å². The number of unbranched alkanes of at least 4 members (excludes halogenated alkanes) is 1. The van der Waals surface area contributed by atoms with Crippen molar-refractivity contribution in [1.82, 2.24) is 4.90 Å². The van der Waals surface area contributed by atoms with Crippen LogP contribution in [-0.4, -0.2) is 18.0 Å². The summed E-state index contributed by atoms with van der Waals surface area (Å²) >= 11 is 0. The van der Waals surface area contributed by atoms with Crippen LogP contribution in [0.1, 0.15) is 42.9 Å². The number of hydrogen-bond acceptors (Lipinski definition) is 1. The Bertz CT molecular complexity index is 625. The molecule has 25 heavy (non-hydrogen) atoms. The first kappa shape index (κ1) is 19.2. The Labute approximate surface area is 153 Å². The summed E-state index contributed by atoms with van der Waals surface area (Å²) in [7, 11) is 0. The summed E-state index contributed by atoms with van der Waals surface area (Å²) in [6.45, 7) is 9.21. The van der Waals surface area contributed by atoms with Crippen LogP contribution >= 0.6 is 0 Å². The summed E-state index contributed by atoms with van der Waals surface area (Å²) < 4.78 is 0. The highest BCUT2D eigenvalue weighted by Crippen LogP contribution is 2.11. The van der Waals surface area contributed by atoms with Crippen molar-refractivity contribution < 1.29 is 0 Å². The third-order valence-electron chi connectivity index (χ3n) is 4.37. The molecule has 0 heterocycles. The molecule has 1 nitrogen and oxygen atoms in total. The Kier molecular flexibility index (Phi) is 8.79. The summed E-state index contributed by atoms with van der Waals surface area (Å²) in [5, 5.41) is 0. The van der Waals surface area contributed by atoms with Gasteiger partial charge in [0.15, 0.2) is 0 Å². The zero-order valence-corrected chi connectivity index (χ0v) is 15.5. The van der Waals surface area contributed by atoms with Gasteiger partial charge in [-0.2, -0.15) is 0 Å². The molecule has 0 spiro atoms. The van der Waals surface area contributed by atoms with E-state index in [1.54, 1.807) is 0 Å². The van der Waals surface area contributed by atoms with Gasteiger partial charge in [0.05, 0.1) is 0 Å². The first-order valence-corrected chi connectivity index (χ1v) is 9.44. The molecule has 0 aromatic heterocycles. The fourth-order valence-corrected chi connectivity index (χ4v) is 2.86. The van der Waals surface area contributed by atoms with Crippen LogP contribution in [0.15, 0.2) is 73.3 Å². The van der Waals surface area contributed by atoms with Crippen molar-refractivity contribution in [1.29, 1.82) is 0 Å². The molecule has 0 atom stereocenters. The van der Waals surface area contributed by atoms with Crippen molar-refractivity contribution in [3.63, 3.8) is 0 Å². The number of hydrogen-bond donors (Lipinski definition) is 0. The lowest BCUT2D eigenvalue weighted by molar-refractivity contribution is 0.290. The molecular weight excluding hydrogens is 302 g/mol. The van der Waals surface area contributed by atoms with E-state index in [0.717, 1.165) is 32.5 Å². The number of rotatable bonds is 11. The Morgan fingerprint density at radius 2 is 1.68 bits per heavy atom. The normalized spacial score (nSPS) is 11.3. The van der Waals surface area contributed by atoms with Crippen LogP contribution < -0.4 is 0 Å². The second-order valence-corrected chi connectivity index (χ2v) is 6.55. The summed E-state index contributed by atoms with van der Waals surface area (Å²) in [6, 6.07) is 19.6. The van der Waals surface area contributed by atoms with Crippen molar-refractivity contribution >= 4 is 6.08 Å². The minimum Gasteiger partial charge on any atom is -0.295 e. The molecule has 0 unspecified atom stereocenters. The Balaban J connectivity index is 1.92. The van der Waals surface area contributed by atoms with Gasteiger partial charge in [-0.25, -0.2) is 0 Å². The van der Waals surface area contributed by atoms with Crippen LogP contribution in [0.25, 0.3) is 6.08 Å². The van der Waals surface area contributed by atoms with E-state index >= 15 is 0 Å². The predicted molar refractivity (Wildman–Crippen MR) is 111 cm³/mol. The number of nitrogens with zero attached hydrogens (tertiary/aromatic N) is 1. The fraction of sp³-hybridized carbons (Fsp3) is 0.333. The summed E-state index contributed by atoms with van der Waals surface area (Å²) in [5.74, 6) is 0. The van der Waals surface area contributed by atoms with E-state index in [9.17, 15) is 0 Å². The number of aryl methyl sites for hydroxylation is 1. The largest absolute Gasteiger partial charge is 0.295 e. The standard InChI is InChI=1S/C24H31N/c1-3-5-11-23-15-17-24(18-16-23)21-25(19-6-4-2)20-10-14-22-12-8-7-9-13-22/h3,7-10,12-18H,1,4-6,11,19-21H2,2H3/b14-10+. The Morgan fingerprint density at radius 1 is 0.960 bits per heavy atom. The van der Waals surface area contributed by atoms with Gasteiger partial charge in [0.2, 0.25) is 0 Å². The molecule has 0 radical (unpaired) electrons. The summed E-state index contributed by atoms with van der Waals surface area (Å²) in [5.41, 5.74) is 4.06. The zero-order valence-electron chi connectivity index (χ0n) is 15.5. The highest BCUT2D eigenvalue weighted by Gasteiger charge is 2.04. The number of allylic oxidation sites excluding steroid dienone is 1. The topological polar surface area (TPSA) is 3.24 Å². The third-order valence-corrected chi connectivity index (χ3v) is 4.37. The average molecular weight is 334 g/mol. The van der Waals surface area contributed by atoms with Gasteiger partial charge in [-0.3, -0.25) is 4.90 Å². The predicted octanol–water partition coefficient (Wildman–Crippen LogP) is 6.12. The first-order valence-electron chi connectivity index (χ1n) is 9.44. The summed E-state index contributed by atoms with van der Waals surface area (Å²) in [4.78, 5) is 2.53. The second-order valence-electron chi connectivity index (χ2n) is 6.55. The van der Waals surface area contributed by atoms with E-state index in [-0.39, 0.29) is 0 Å². The second kappa shape index (κ2) is 11.4. The van der Waals surface area contributed by atoms with Gasteiger partial charge >= 0.3 is 0 Å². The molecule has 0 aliphatic heterocycles. The lowest BCUT2D eigenvalue weighted by Crippen LogP contribution is -2.24. The highest BCUT2D eigenvalue weighted by atomic mass is 15.1. The first-order chi connectivity index (χ1) is 12.3. The van der Waals surface area contributed by atoms with Gasteiger partial charge in [-0.05, 0) is 42.5 Å². The van der Waals surface area contributed by atoms with Crippen LogP contribution in [0.4, 0.5) is 0 Å². The Hall–Kier alpha value is -2.12. The minimum absolute atomic E-state index is 0.993. The Morgan fingerprint density at radius 3 is 2.36 bits per heavy atom. The maximum Gasteiger partial charge on any atom is 0.0237 e. The molecule has 0 aliphatic rings. The molecular formula is C24H31N. The van der Waals surface area contributed by atoms with E-state index < -0.39 is 0 Å². The monoisotopic (exact) mass is 333 g/mol. The van der Waals surface area contributed by atoms with Crippen molar-refractivity contribution in [3.8, 4) is 0 Å². The van der Waals surface area contributed by atoms with E-state index in [0.29, 0.717) is 0 Å². The third kappa shape index (κ3) is 7.53.